The summed E-state index contributed by atoms with van der Waals surface area (Å²) in [6, 6.07) is 7.57. The zero-order valence-electron chi connectivity index (χ0n) is 14.9. The maximum Gasteiger partial charge on any atom is 0.220 e. The van der Waals surface area contributed by atoms with Gasteiger partial charge in [0, 0.05) is 37.8 Å². The van der Waals surface area contributed by atoms with Gasteiger partial charge in [-0.25, -0.2) is 4.98 Å². The van der Waals surface area contributed by atoms with Crippen molar-refractivity contribution in [3.8, 4) is 0 Å². The number of hydrogen-bond acceptors (Lipinski definition) is 5. The quantitative estimate of drug-likeness (QED) is 0.761. The molecule has 1 amide bonds. The minimum Gasteiger partial charge on any atom is -0.441 e. The van der Waals surface area contributed by atoms with Crippen LogP contribution in [0, 0.1) is 6.92 Å². The minimum atomic E-state index is -0.142. The molecule has 0 saturated carbocycles. The van der Waals surface area contributed by atoms with Crippen LogP contribution in [0.4, 0.5) is 0 Å². The van der Waals surface area contributed by atoms with Gasteiger partial charge in [-0.3, -0.25) is 9.48 Å². The molecule has 7 nitrogen and oxygen atoms in total. The van der Waals surface area contributed by atoms with Crippen LogP contribution in [0.1, 0.15) is 36.1 Å². The Balaban J connectivity index is 1.37. The summed E-state index contributed by atoms with van der Waals surface area (Å²) in [5.74, 6) is 0.568. The van der Waals surface area contributed by atoms with Gasteiger partial charge in [0.15, 0.2) is 11.5 Å². The van der Waals surface area contributed by atoms with Gasteiger partial charge in [0.05, 0.1) is 12.2 Å². The monoisotopic (exact) mass is 354 g/mol. The first-order valence-electron chi connectivity index (χ1n) is 8.86. The summed E-state index contributed by atoms with van der Waals surface area (Å²) in [5.41, 5.74) is 3.66. The van der Waals surface area contributed by atoms with Gasteiger partial charge in [-0.1, -0.05) is 12.1 Å². The molecule has 1 saturated heterocycles. The maximum atomic E-state index is 12.4. The summed E-state index contributed by atoms with van der Waals surface area (Å²) in [7, 11) is 1.90. The Bertz CT molecular complexity index is 897. The van der Waals surface area contributed by atoms with E-state index in [1.54, 1.807) is 0 Å². The molecular formula is C19H22N4O3. The lowest BCUT2D eigenvalue weighted by atomic mass is 10.0. The lowest BCUT2D eigenvalue weighted by Crippen LogP contribution is -2.37. The SMILES string of the molecule is Cc1c([C@H]2OCC[C@@H]2NC(=O)CCc2nc3ccccc3o2)cnn1C. The molecule has 136 valence electrons. The fraction of sp³-hybridized carbons (Fsp3) is 0.421. The highest BCUT2D eigenvalue weighted by atomic mass is 16.5. The van der Waals surface area contributed by atoms with Crippen molar-refractivity contribution in [3.63, 3.8) is 0 Å². The highest BCUT2D eigenvalue weighted by molar-refractivity contribution is 5.77. The number of hydrogen-bond donors (Lipinski definition) is 1. The lowest BCUT2D eigenvalue weighted by Gasteiger charge is -2.19. The van der Waals surface area contributed by atoms with Crippen molar-refractivity contribution in [2.45, 2.75) is 38.3 Å². The number of rotatable bonds is 5. The molecular weight excluding hydrogens is 332 g/mol. The standard InChI is InChI=1S/C19H22N4O3/c1-12-13(11-20-23(12)2)19-15(9-10-25-19)21-17(24)7-8-18-22-14-5-3-4-6-16(14)26-18/h3-6,11,15,19H,7-10H2,1-2H3,(H,21,24)/t15-,19+/m0/s1. The molecule has 0 unspecified atom stereocenters. The van der Waals surface area contributed by atoms with Gasteiger partial charge in [-0.15, -0.1) is 0 Å². The van der Waals surface area contributed by atoms with Crippen LogP contribution >= 0.6 is 0 Å². The van der Waals surface area contributed by atoms with Gasteiger partial charge in [0.1, 0.15) is 11.6 Å². The Morgan fingerprint density at radius 1 is 1.38 bits per heavy atom. The Labute approximate surface area is 151 Å². The highest BCUT2D eigenvalue weighted by Crippen LogP contribution is 2.31. The van der Waals surface area contributed by atoms with Crippen LogP contribution in [0.5, 0.6) is 0 Å². The number of nitrogens with zero attached hydrogens (tertiary/aromatic N) is 3. The fourth-order valence-electron chi connectivity index (χ4n) is 3.37. The summed E-state index contributed by atoms with van der Waals surface area (Å²) < 4.78 is 13.3. The van der Waals surface area contributed by atoms with Crippen LogP contribution in [0.2, 0.25) is 0 Å². The Kier molecular flexibility index (Phi) is 4.46. The second kappa shape index (κ2) is 6.92. The van der Waals surface area contributed by atoms with Crippen molar-refractivity contribution < 1.29 is 13.9 Å². The van der Waals surface area contributed by atoms with Gasteiger partial charge in [0.2, 0.25) is 5.91 Å². The largest absolute Gasteiger partial charge is 0.441 e. The summed E-state index contributed by atoms with van der Waals surface area (Å²) in [4.78, 5) is 16.8. The van der Waals surface area contributed by atoms with E-state index < -0.39 is 0 Å². The summed E-state index contributed by atoms with van der Waals surface area (Å²) in [6.45, 7) is 2.64. The topological polar surface area (TPSA) is 82.2 Å². The molecule has 2 aromatic heterocycles. The number of carbonyl (C=O) groups excluding carboxylic acids is 1. The van der Waals surface area contributed by atoms with Crippen LogP contribution in [0.15, 0.2) is 34.9 Å². The molecule has 3 aromatic rings. The van der Waals surface area contributed by atoms with Gasteiger partial charge in [-0.2, -0.15) is 5.10 Å². The maximum absolute atomic E-state index is 12.4. The van der Waals surface area contributed by atoms with E-state index >= 15 is 0 Å². The second-order valence-corrected chi connectivity index (χ2v) is 6.64. The normalized spacial score (nSPS) is 19.9. The number of para-hydroxylation sites is 2. The van der Waals surface area contributed by atoms with Crippen LogP contribution in [-0.4, -0.2) is 33.3 Å². The number of amides is 1. The number of fused-ring (bicyclic) bond motifs is 1. The van der Waals surface area contributed by atoms with Gasteiger partial charge >= 0.3 is 0 Å². The van der Waals surface area contributed by atoms with Crippen molar-refractivity contribution in [1.82, 2.24) is 20.1 Å². The Hall–Kier alpha value is -2.67. The molecule has 7 heteroatoms. The molecule has 0 aliphatic carbocycles. The smallest absolute Gasteiger partial charge is 0.220 e. The van der Waals surface area contributed by atoms with Crippen molar-refractivity contribution in [2.24, 2.45) is 7.05 Å². The first kappa shape index (κ1) is 16.8. The number of ether oxygens (including phenoxy) is 1. The number of oxazole rings is 1. The summed E-state index contributed by atoms with van der Waals surface area (Å²) in [5, 5.41) is 7.37. The van der Waals surface area contributed by atoms with Crippen LogP contribution in [-0.2, 0) is 23.0 Å². The average molecular weight is 354 g/mol. The average Bonchev–Trinajstić information content (AvgIpc) is 3.33. The van der Waals surface area contributed by atoms with E-state index in [0.29, 0.717) is 25.3 Å². The molecule has 2 atom stereocenters. The third kappa shape index (κ3) is 3.22. The molecule has 3 heterocycles. The van der Waals surface area contributed by atoms with E-state index in [0.717, 1.165) is 28.8 Å². The number of aryl methyl sites for hydroxylation is 2. The molecule has 4 rings (SSSR count). The molecule has 1 aliphatic heterocycles. The highest BCUT2D eigenvalue weighted by Gasteiger charge is 2.33. The van der Waals surface area contributed by atoms with E-state index in [1.807, 2.05) is 49.1 Å². The Morgan fingerprint density at radius 2 is 2.23 bits per heavy atom. The molecule has 1 N–H and O–H groups in total. The van der Waals surface area contributed by atoms with Crippen molar-refractivity contribution in [2.75, 3.05) is 6.61 Å². The first-order chi connectivity index (χ1) is 12.6. The van der Waals surface area contributed by atoms with Crippen molar-refractivity contribution in [3.05, 3.63) is 47.6 Å². The van der Waals surface area contributed by atoms with E-state index in [-0.39, 0.29) is 18.1 Å². The number of benzene rings is 1. The van der Waals surface area contributed by atoms with E-state index in [9.17, 15) is 4.79 Å². The van der Waals surface area contributed by atoms with Gasteiger partial charge in [-0.05, 0) is 25.5 Å². The molecule has 0 radical (unpaired) electrons. The molecule has 0 spiro atoms. The Morgan fingerprint density at radius 3 is 3.00 bits per heavy atom. The van der Waals surface area contributed by atoms with Crippen LogP contribution in [0.25, 0.3) is 11.1 Å². The van der Waals surface area contributed by atoms with E-state index in [4.69, 9.17) is 9.15 Å². The fourth-order valence-corrected chi connectivity index (χ4v) is 3.37. The predicted molar refractivity (Wildman–Crippen MR) is 95.5 cm³/mol. The van der Waals surface area contributed by atoms with Crippen molar-refractivity contribution in [1.29, 1.82) is 0 Å². The number of aromatic nitrogens is 3. The van der Waals surface area contributed by atoms with Gasteiger partial charge in [0.25, 0.3) is 0 Å². The molecule has 0 bridgehead atoms. The predicted octanol–water partition coefficient (Wildman–Crippen LogP) is 2.45. The van der Waals surface area contributed by atoms with Crippen molar-refractivity contribution >= 4 is 17.0 Å². The third-order valence-corrected chi connectivity index (χ3v) is 4.92. The molecule has 1 aromatic carbocycles. The zero-order valence-corrected chi connectivity index (χ0v) is 14.9. The van der Waals surface area contributed by atoms with Gasteiger partial charge < -0.3 is 14.5 Å². The minimum absolute atomic E-state index is 0.0192. The number of nitrogens with one attached hydrogen (secondary N) is 1. The van der Waals surface area contributed by atoms with E-state index in [2.05, 4.69) is 15.4 Å². The molecule has 1 aliphatic rings. The molecule has 1 fully saturated rings. The second-order valence-electron chi connectivity index (χ2n) is 6.64. The first-order valence-corrected chi connectivity index (χ1v) is 8.86. The zero-order chi connectivity index (χ0) is 18.1. The third-order valence-electron chi connectivity index (χ3n) is 4.92. The number of carbonyl (C=O) groups is 1. The summed E-state index contributed by atoms with van der Waals surface area (Å²) in [6.07, 6.45) is 3.29. The molecule has 26 heavy (non-hydrogen) atoms. The lowest BCUT2D eigenvalue weighted by molar-refractivity contribution is -0.122. The van der Waals surface area contributed by atoms with E-state index in [1.165, 1.54) is 0 Å². The van der Waals surface area contributed by atoms with Crippen LogP contribution < -0.4 is 5.32 Å². The summed E-state index contributed by atoms with van der Waals surface area (Å²) >= 11 is 0. The van der Waals surface area contributed by atoms with Crippen LogP contribution in [0.3, 0.4) is 0 Å².